The van der Waals surface area contributed by atoms with Gasteiger partial charge < -0.3 is 4.90 Å². The third-order valence-corrected chi connectivity index (χ3v) is 4.79. The molecule has 1 atom stereocenters. The first kappa shape index (κ1) is 14.8. The first-order chi connectivity index (χ1) is 10.6. The third-order valence-electron chi connectivity index (χ3n) is 3.52. The van der Waals surface area contributed by atoms with Crippen molar-refractivity contribution in [3.8, 4) is 17.3 Å². The van der Waals surface area contributed by atoms with Crippen molar-refractivity contribution in [2.24, 2.45) is 0 Å². The van der Waals surface area contributed by atoms with Crippen molar-refractivity contribution in [3.05, 3.63) is 35.5 Å². The molecule has 2 heterocycles. The number of hydrogen-bond donors (Lipinski definition) is 0. The molecule has 5 nitrogen and oxygen atoms in total. The van der Waals surface area contributed by atoms with E-state index < -0.39 is 0 Å². The summed E-state index contributed by atoms with van der Waals surface area (Å²) >= 11 is 7.41. The highest BCUT2D eigenvalue weighted by atomic mass is 35.5. The molecule has 7 heteroatoms. The smallest absolute Gasteiger partial charge is 0.214 e. The number of rotatable bonds is 4. The Bertz CT molecular complexity index is 798. The van der Waals surface area contributed by atoms with Crippen LogP contribution in [0.2, 0.25) is 5.02 Å². The summed E-state index contributed by atoms with van der Waals surface area (Å²) in [7, 11) is 1.94. The maximum atomic E-state index is 8.79. The molecule has 0 fully saturated rings. The second kappa shape index (κ2) is 5.95. The van der Waals surface area contributed by atoms with Crippen molar-refractivity contribution < 1.29 is 0 Å². The molecule has 2 aromatic heterocycles. The van der Waals surface area contributed by atoms with E-state index in [0.717, 1.165) is 21.3 Å². The predicted octanol–water partition coefficient (Wildman–Crippen LogP) is 3.85. The molecular weight excluding hydrogens is 318 g/mol. The monoisotopic (exact) mass is 331 g/mol. The largest absolute Gasteiger partial charge is 0.346 e. The molecule has 0 aliphatic carbocycles. The first-order valence-electron chi connectivity index (χ1n) is 6.80. The Kier molecular flexibility index (Phi) is 4.01. The average Bonchev–Trinajstić information content (AvgIpc) is 3.06. The normalized spacial score (nSPS) is 12.3. The molecule has 112 valence electrons. The van der Waals surface area contributed by atoms with E-state index in [1.807, 2.05) is 49.3 Å². The molecule has 0 N–H and O–H groups in total. The first-order valence-corrected chi connectivity index (χ1v) is 8.00. The fourth-order valence-corrected chi connectivity index (χ4v) is 3.12. The number of anilines is 1. The second-order valence-electron chi connectivity index (χ2n) is 5.07. The predicted molar refractivity (Wildman–Crippen MR) is 89.4 cm³/mol. The van der Waals surface area contributed by atoms with E-state index in [-0.39, 0.29) is 6.04 Å². The van der Waals surface area contributed by atoms with Gasteiger partial charge in [-0.3, -0.25) is 0 Å². The van der Waals surface area contributed by atoms with Crippen LogP contribution in [0.1, 0.15) is 13.3 Å². The van der Waals surface area contributed by atoms with Crippen molar-refractivity contribution in [2.75, 3.05) is 11.9 Å². The molecule has 22 heavy (non-hydrogen) atoms. The number of aromatic nitrogens is 3. The zero-order chi connectivity index (χ0) is 15.7. The summed E-state index contributed by atoms with van der Waals surface area (Å²) in [5.41, 5.74) is 1.88. The lowest BCUT2D eigenvalue weighted by Gasteiger charge is -2.21. The van der Waals surface area contributed by atoms with Crippen LogP contribution < -0.4 is 4.90 Å². The number of nitriles is 1. The minimum Gasteiger partial charge on any atom is -0.346 e. The number of halogens is 1. The van der Waals surface area contributed by atoms with E-state index >= 15 is 0 Å². The summed E-state index contributed by atoms with van der Waals surface area (Å²) < 4.78 is 1.78. The molecule has 0 radical (unpaired) electrons. The van der Waals surface area contributed by atoms with E-state index in [2.05, 4.69) is 16.2 Å². The molecule has 0 saturated carbocycles. The number of imidazole rings is 1. The highest BCUT2D eigenvalue weighted by molar-refractivity contribution is 7.20. The van der Waals surface area contributed by atoms with Gasteiger partial charge in [0.05, 0.1) is 24.4 Å². The van der Waals surface area contributed by atoms with Crippen molar-refractivity contribution in [1.82, 2.24) is 14.6 Å². The van der Waals surface area contributed by atoms with Crippen LogP contribution in [0.3, 0.4) is 0 Å². The summed E-state index contributed by atoms with van der Waals surface area (Å²) in [4.78, 5) is 7.44. The van der Waals surface area contributed by atoms with Gasteiger partial charge in [-0.05, 0) is 19.1 Å². The van der Waals surface area contributed by atoms with Gasteiger partial charge in [-0.2, -0.15) is 5.26 Å². The summed E-state index contributed by atoms with van der Waals surface area (Å²) in [6, 6.07) is 9.88. The van der Waals surface area contributed by atoms with Crippen LogP contribution in [0, 0.1) is 11.3 Å². The van der Waals surface area contributed by atoms with Gasteiger partial charge in [0.15, 0.2) is 0 Å². The Morgan fingerprint density at radius 3 is 2.77 bits per heavy atom. The summed E-state index contributed by atoms with van der Waals surface area (Å²) in [6.45, 7) is 2.01. The van der Waals surface area contributed by atoms with E-state index in [4.69, 9.17) is 16.9 Å². The molecule has 0 spiro atoms. The lowest BCUT2D eigenvalue weighted by Crippen LogP contribution is -2.28. The fourth-order valence-electron chi connectivity index (χ4n) is 2.05. The van der Waals surface area contributed by atoms with Gasteiger partial charge in [0, 0.05) is 23.7 Å². The summed E-state index contributed by atoms with van der Waals surface area (Å²) in [5, 5.41) is 14.9. The van der Waals surface area contributed by atoms with Gasteiger partial charge in [0.1, 0.15) is 0 Å². The molecule has 1 unspecified atom stereocenters. The number of hydrogen-bond acceptors (Lipinski definition) is 5. The van der Waals surface area contributed by atoms with Gasteiger partial charge in [-0.25, -0.2) is 9.50 Å². The Labute approximate surface area is 137 Å². The molecule has 0 amide bonds. The lowest BCUT2D eigenvalue weighted by atomic mass is 10.2. The molecule has 0 aliphatic rings. The fraction of sp³-hybridized carbons (Fsp3) is 0.267. The second-order valence-corrected chi connectivity index (χ2v) is 6.44. The van der Waals surface area contributed by atoms with Crippen molar-refractivity contribution >= 4 is 33.0 Å². The zero-order valence-corrected chi connectivity index (χ0v) is 13.8. The minimum absolute atomic E-state index is 0.122. The Balaban J connectivity index is 1.89. The Morgan fingerprint density at radius 1 is 1.41 bits per heavy atom. The molecule has 0 bridgehead atoms. The topological polar surface area (TPSA) is 57.2 Å². The Hall–Kier alpha value is -2.10. The van der Waals surface area contributed by atoms with Crippen LogP contribution in [-0.2, 0) is 0 Å². The quantitative estimate of drug-likeness (QED) is 0.728. The standard InChI is InChI=1S/C15H14ClN5S/c1-10(7-8-17)20(2)15-19-21-9-13(18-14(21)22-15)11-3-5-12(16)6-4-11/h3-6,9-10H,7H2,1-2H3. The van der Waals surface area contributed by atoms with Gasteiger partial charge in [0.25, 0.3) is 0 Å². The third kappa shape index (κ3) is 2.78. The van der Waals surface area contributed by atoms with E-state index in [0.29, 0.717) is 11.4 Å². The van der Waals surface area contributed by atoms with Crippen LogP contribution in [-0.4, -0.2) is 27.7 Å². The highest BCUT2D eigenvalue weighted by Crippen LogP contribution is 2.27. The highest BCUT2D eigenvalue weighted by Gasteiger charge is 2.16. The summed E-state index contributed by atoms with van der Waals surface area (Å²) in [6.07, 6.45) is 2.37. The number of fused-ring (bicyclic) bond motifs is 1. The van der Waals surface area contributed by atoms with Crippen molar-refractivity contribution in [2.45, 2.75) is 19.4 Å². The van der Waals surface area contributed by atoms with Crippen LogP contribution in [0.25, 0.3) is 16.2 Å². The van der Waals surface area contributed by atoms with Crippen LogP contribution >= 0.6 is 22.9 Å². The zero-order valence-electron chi connectivity index (χ0n) is 12.2. The molecule has 3 rings (SSSR count). The van der Waals surface area contributed by atoms with Crippen LogP contribution in [0.4, 0.5) is 5.13 Å². The van der Waals surface area contributed by atoms with E-state index in [1.54, 1.807) is 4.52 Å². The summed E-state index contributed by atoms with van der Waals surface area (Å²) in [5.74, 6) is 0. The molecule has 1 aromatic carbocycles. The van der Waals surface area contributed by atoms with Gasteiger partial charge >= 0.3 is 0 Å². The van der Waals surface area contributed by atoms with Gasteiger partial charge in [-0.1, -0.05) is 35.1 Å². The van der Waals surface area contributed by atoms with E-state index in [1.165, 1.54) is 11.3 Å². The number of benzene rings is 1. The molecular formula is C15H14ClN5S. The van der Waals surface area contributed by atoms with Gasteiger partial charge in [0.2, 0.25) is 10.1 Å². The van der Waals surface area contributed by atoms with Gasteiger partial charge in [-0.15, -0.1) is 5.10 Å². The maximum absolute atomic E-state index is 8.79. The number of nitrogens with zero attached hydrogens (tertiary/aromatic N) is 5. The van der Waals surface area contributed by atoms with Crippen LogP contribution in [0.5, 0.6) is 0 Å². The Morgan fingerprint density at radius 2 is 2.14 bits per heavy atom. The minimum atomic E-state index is 0.122. The van der Waals surface area contributed by atoms with Crippen molar-refractivity contribution in [3.63, 3.8) is 0 Å². The molecule has 0 saturated heterocycles. The van der Waals surface area contributed by atoms with Crippen molar-refractivity contribution in [1.29, 1.82) is 5.26 Å². The lowest BCUT2D eigenvalue weighted by molar-refractivity contribution is 0.694. The average molecular weight is 332 g/mol. The molecule has 3 aromatic rings. The maximum Gasteiger partial charge on any atom is 0.214 e. The van der Waals surface area contributed by atoms with E-state index in [9.17, 15) is 0 Å². The van der Waals surface area contributed by atoms with Crippen LogP contribution in [0.15, 0.2) is 30.5 Å². The molecule has 0 aliphatic heterocycles. The SMILES string of the molecule is CC(CC#N)N(C)c1nn2cc(-c3ccc(Cl)cc3)nc2s1.